The summed E-state index contributed by atoms with van der Waals surface area (Å²) in [5.41, 5.74) is 4.11. The maximum Gasteiger partial charge on any atom is 0.271 e. The molecule has 0 fully saturated rings. The van der Waals surface area contributed by atoms with Gasteiger partial charge in [-0.15, -0.1) is 0 Å². The van der Waals surface area contributed by atoms with Gasteiger partial charge in [0.15, 0.2) is 0 Å². The van der Waals surface area contributed by atoms with Gasteiger partial charge in [-0.2, -0.15) is 0 Å². The van der Waals surface area contributed by atoms with E-state index in [1.54, 1.807) is 24.5 Å². The van der Waals surface area contributed by atoms with Gasteiger partial charge in [0, 0.05) is 25.5 Å². The standard InChI is InChI=1S/C29H26N4O4/c34-28-21-16-24(18-30-17-21)37-23-7-8-25-19(14-23)9-12-33(29(35)26-6-2-10-31-26)27(25)20-4-1-5-22(15-20)36-13-3-11-32-28/h1-2,4-8,10,14-18,27,31H,3,9,11-13H2,(H,32,34). The van der Waals surface area contributed by atoms with Gasteiger partial charge in [-0.05, 0) is 72.0 Å². The van der Waals surface area contributed by atoms with Gasteiger partial charge in [0.1, 0.15) is 22.9 Å². The molecule has 0 saturated carbocycles. The first-order valence-electron chi connectivity index (χ1n) is 12.4. The van der Waals surface area contributed by atoms with Gasteiger partial charge in [-0.3, -0.25) is 14.6 Å². The lowest BCUT2D eigenvalue weighted by Gasteiger charge is -2.38. The van der Waals surface area contributed by atoms with Gasteiger partial charge >= 0.3 is 0 Å². The molecule has 1 unspecified atom stereocenters. The van der Waals surface area contributed by atoms with E-state index < -0.39 is 0 Å². The van der Waals surface area contributed by atoms with Crippen molar-refractivity contribution in [2.24, 2.45) is 0 Å². The molecule has 2 N–H and O–H groups in total. The normalized spacial score (nSPS) is 17.1. The molecule has 5 heterocycles. The number of amides is 2. The van der Waals surface area contributed by atoms with Crippen molar-refractivity contribution in [3.05, 3.63) is 107 Å². The molecular formula is C29H26N4O4. The minimum absolute atomic E-state index is 0.0481. The lowest BCUT2D eigenvalue weighted by molar-refractivity contribution is 0.0688. The fourth-order valence-electron chi connectivity index (χ4n) is 4.94. The van der Waals surface area contributed by atoms with E-state index in [4.69, 9.17) is 9.47 Å². The summed E-state index contributed by atoms with van der Waals surface area (Å²) >= 11 is 0. The lowest BCUT2D eigenvalue weighted by Crippen LogP contribution is -2.40. The molecule has 37 heavy (non-hydrogen) atoms. The molecule has 8 nitrogen and oxygen atoms in total. The first-order valence-corrected chi connectivity index (χ1v) is 12.4. The largest absolute Gasteiger partial charge is 0.494 e. The molecule has 186 valence electrons. The van der Waals surface area contributed by atoms with Crippen LogP contribution >= 0.6 is 0 Å². The number of nitrogens with zero attached hydrogens (tertiary/aromatic N) is 2. The van der Waals surface area contributed by atoms with Crippen molar-refractivity contribution in [3.8, 4) is 17.2 Å². The van der Waals surface area contributed by atoms with E-state index in [2.05, 4.69) is 15.3 Å². The second kappa shape index (κ2) is 9.81. The SMILES string of the molecule is O=C1NCCCOc2cccc(c2)C2c3ccc(cc3CCN2C(=O)c2ccc[nH]2)Oc2cncc1c2. The number of aromatic nitrogens is 2. The number of pyridine rings is 1. The van der Waals surface area contributed by atoms with Gasteiger partial charge in [0.2, 0.25) is 0 Å². The predicted octanol–water partition coefficient (Wildman–Crippen LogP) is 4.50. The summed E-state index contributed by atoms with van der Waals surface area (Å²) in [4.78, 5) is 35.2. The number of H-pyrrole nitrogens is 1. The monoisotopic (exact) mass is 494 g/mol. The molecule has 7 rings (SSSR count). The Hall–Kier alpha value is -4.59. The average molecular weight is 495 g/mol. The van der Waals surface area contributed by atoms with Crippen LogP contribution in [0.15, 0.2) is 79.3 Å². The third-order valence-corrected chi connectivity index (χ3v) is 6.69. The van der Waals surface area contributed by atoms with Crippen LogP contribution in [0.1, 0.15) is 50.0 Å². The van der Waals surface area contributed by atoms with Gasteiger partial charge < -0.3 is 24.7 Å². The van der Waals surface area contributed by atoms with Crippen LogP contribution in [0.5, 0.6) is 17.2 Å². The molecule has 2 amide bonds. The summed E-state index contributed by atoms with van der Waals surface area (Å²) in [5.74, 6) is 1.61. The smallest absolute Gasteiger partial charge is 0.271 e. The third-order valence-electron chi connectivity index (χ3n) is 6.69. The highest BCUT2D eigenvalue weighted by molar-refractivity contribution is 5.94. The van der Waals surface area contributed by atoms with Gasteiger partial charge in [0.25, 0.3) is 11.8 Å². The fraction of sp³-hybridized carbons (Fsp3) is 0.207. The van der Waals surface area contributed by atoms with Crippen LogP contribution in [0.25, 0.3) is 0 Å². The van der Waals surface area contributed by atoms with Gasteiger partial charge in [-0.25, -0.2) is 0 Å². The summed E-state index contributed by atoms with van der Waals surface area (Å²) in [6.07, 6.45) is 6.21. The highest BCUT2D eigenvalue weighted by atomic mass is 16.5. The summed E-state index contributed by atoms with van der Waals surface area (Å²) in [7, 11) is 0. The molecule has 3 aliphatic rings. The molecule has 0 spiro atoms. The Balaban J connectivity index is 1.43. The van der Waals surface area contributed by atoms with E-state index in [9.17, 15) is 9.59 Å². The highest BCUT2D eigenvalue weighted by Crippen LogP contribution is 2.39. The molecule has 2 aromatic heterocycles. The molecule has 0 radical (unpaired) electrons. The minimum atomic E-state index is -0.277. The van der Waals surface area contributed by atoms with Crippen molar-refractivity contribution in [1.82, 2.24) is 20.2 Å². The fourth-order valence-corrected chi connectivity index (χ4v) is 4.94. The van der Waals surface area contributed by atoms with Crippen molar-refractivity contribution < 1.29 is 19.1 Å². The number of benzene rings is 2. The number of nitrogens with one attached hydrogen (secondary N) is 2. The molecular weight excluding hydrogens is 468 g/mol. The van der Waals surface area contributed by atoms with Crippen LogP contribution in [-0.2, 0) is 6.42 Å². The number of rotatable bonds is 1. The Morgan fingerprint density at radius 1 is 1.00 bits per heavy atom. The van der Waals surface area contributed by atoms with E-state index in [0.29, 0.717) is 55.3 Å². The Bertz CT molecular complexity index is 1450. The number of carbonyl (C=O) groups excluding carboxylic acids is 2. The van der Waals surface area contributed by atoms with Gasteiger partial charge in [-0.1, -0.05) is 18.2 Å². The molecule has 8 bridgehead atoms. The summed E-state index contributed by atoms with van der Waals surface area (Å²) in [6, 6.07) is 18.9. The molecule has 0 aliphatic carbocycles. The van der Waals surface area contributed by atoms with E-state index in [1.165, 1.54) is 6.20 Å². The summed E-state index contributed by atoms with van der Waals surface area (Å²) in [5, 5.41) is 2.90. The van der Waals surface area contributed by atoms with Crippen LogP contribution in [0.4, 0.5) is 0 Å². The number of carbonyl (C=O) groups is 2. The van der Waals surface area contributed by atoms with Crippen molar-refractivity contribution in [1.29, 1.82) is 0 Å². The van der Waals surface area contributed by atoms with Gasteiger partial charge in [0.05, 0.1) is 24.4 Å². The first kappa shape index (κ1) is 22.8. The molecule has 3 aliphatic heterocycles. The second-order valence-corrected chi connectivity index (χ2v) is 9.14. The predicted molar refractivity (Wildman–Crippen MR) is 137 cm³/mol. The van der Waals surface area contributed by atoms with Crippen molar-refractivity contribution in [2.75, 3.05) is 19.7 Å². The number of fused-ring (bicyclic) bond motifs is 6. The molecule has 1 atom stereocenters. The Kier molecular flexibility index (Phi) is 6.06. The maximum atomic E-state index is 13.5. The third kappa shape index (κ3) is 4.65. The highest BCUT2D eigenvalue weighted by Gasteiger charge is 2.33. The summed E-state index contributed by atoms with van der Waals surface area (Å²) in [6.45, 7) is 1.47. The molecule has 4 aromatic rings. The second-order valence-electron chi connectivity index (χ2n) is 9.14. The summed E-state index contributed by atoms with van der Waals surface area (Å²) < 4.78 is 12.1. The van der Waals surface area contributed by atoms with Crippen LogP contribution in [0.3, 0.4) is 0 Å². The van der Waals surface area contributed by atoms with Crippen molar-refractivity contribution >= 4 is 11.8 Å². The van der Waals surface area contributed by atoms with E-state index in [1.807, 2.05) is 53.4 Å². The van der Waals surface area contributed by atoms with Crippen LogP contribution in [0, 0.1) is 0 Å². The average Bonchev–Trinajstić information content (AvgIpc) is 3.47. The number of aromatic amines is 1. The Labute approximate surface area is 214 Å². The molecule has 8 heteroatoms. The topological polar surface area (TPSA) is 96.6 Å². The zero-order valence-electron chi connectivity index (χ0n) is 20.1. The first-order chi connectivity index (χ1) is 18.2. The van der Waals surface area contributed by atoms with Crippen LogP contribution < -0.4 is 14.8 Å². The quantitative estimate of drug-likeness (QED) is 0.406. The van der Waals surface area contributed by atoms with E-state index in [-0.39, 0.29) is 17.9 Å². The Morgan fingerprint density at radius 3 is 2.84 bits per heavy atom. The lowest BCUT2D eigenvalue weighted by atomic mass is 9.87. The van der Waals surface area contributed by atoms with E-state index in [0.717, 1.165) is 22.4 Å². The molecule has 0 saturated heterocycles. The Morgan fingerprint density at radius 2 is 1.95 bits per heavy atom. The van der Waals surface area contributed by atoms with Crippen molar-refractivity contribution in [2.45, 2.75) is 18.9 Å². The minimum Gasteiger partial charge on any atom is -0.494 e. The molecule has 2 aromatic carbocycles. The number of hydrogen-bond donors (Lipinski definition) is 2. The van der Waals surface area contributed by atoms with Crippen molar-refractivity contribution in [3.63, 3.8) is 0 Å². The van der Waals surface area contributed by atoms with Crippen LogP contribution in [0.2, 0.25) is 0 Å². The maximum absolute atomic E-state index is 13.5. The number of hydrogen-bond acceptors (Lipinski definition) is 5. The van der Waals surface area contributed by atoms with Crippen LogP contribution in [-0.4, -0.2) is 46.4 Å². The number of ether oxygens (including phenoxy) is 2. The van der Waals surface area contributed by atoms with E-state index >= 15 is 0 Å². The zero-order chi connectivity index (χ0) is 25.2. The zero-order valence-corrected chi connectivity index (χ0v) is 20.1.